The molecule has 4 aromatic rings. The summed E-state index contributed by atoms with van der Waals surface area (Å²) in [5.41, 5.74) is 5.19. The first-order valence-corrected chi connectivity index (χ1v) is 9.52. The molecule has 2 nitrogen and oxygen atoms in total. The molecule has 0 saturated heterocycles. The van der Waals surface area contributed by atoms with Crippen LogP contribution in [0.5, 0.6) is 11.5 Å². The zero-order valence-corrected chi connectivity index (χ0v) is 16.6. The maximum absolute atomic E-state index is 6.50. The quantitative estimate of drug-likeness (QED) is 0.302. The van der Waals surface area contributed by atoms with Crippen LogP contribution in [0.3, 0.4) is 0 Å². The van der Waals surface area contributed by atoms with Crippen molar-refractivity contribution in [3.63, 3.8) is 0 Å². The number of nitrogens with zero attached hydrogens (tertiary/aromatic N) is 1. The predicted molar refractivity (Wildman–Crippen MR) is 112 cm³/mol. The van der Waals surface area contributed by atoms with Crippen LogP contribution in [-0.4, -0.2) is 0 Å². The fourth-order valence-corrected chi connectivity index (χ4v) is 4.25. The summed E-state index contributed by atoms with van der Waals surface area (Å²) in [6.07, 6.45) is 2.24. The average Bonchev–Trinajstić information content (AvgIpc) is 2.63. The molecule has 0 amide bonds. The van der Waals surface area contributed by atoms with Crippen molar-refractivity contribution in [2.75, 3.05) is 0 Å². The van der Waals surface area contributed by atoms with Crippen LogP contribution in [0.1, 0.15) is 31.9 Å². The number of hydrogen-bond acceptors (Lipinski definition) is 1. The molecule has 0 atom stereocenters. The Bertz CT molecular complexity index is 1250. The molecule has 0 N–H and O–H groups in total. The highest BCUT2D eigenvalue weighted by molar-refractivity contribution is 6.06. The molecule has 0 unspecified atom stereocenters. The first kappa shape index (κ1) is 16.3. The molecule has 2 heteroatoms. The molecular weight excluding hydrogens is 330 g/mol. The van der Waals surface area contributed by atoms with Crippen molar-refractivity contribution >= 4 is 21.5 Å². The van der Waals surface area contributed by atoms with E-state index in [9.17, 15) is 0 Å². The summed E-state index contributed by atoms with van der Waals surface area (Å²) in [5.74, 6) is 1.91. The molecule has 0 spiro atoms. The number of rotatable bonds is 0. The number of fused-ring (bicyclic) bond motifs is 4. The fourth-order valence-electron chi connectivity index (χ4n) is 4.25. The van der Waals surface area contributed by atoms with E-state index in [1.807, 2.05) is 0 Å². The first-order valence-electron chi connectivity index (χ1n) is 9.52. The van der Waals surface area contributed by atoms with E-state index in [1.165, 1.54) is 38.2 Å². The molecule has 5 rings (SSSR count). The zero-order chi connectivity index (χ0) is 18.9. The van der Waals surface area contributed by atoms with Crippen molar-refractivity contribution in [2.24, 2.45) is 7.05 Å². The Morgan fingerprint density at radius 2 is 1.74 bits per heavy atom. The van der Waals surface area contributed by atoms with E-state index < -0.39 is 0 Å². The van der Waals surface area contributed by atoms with Crippen molar-refractivity contribution in [3.8, 4) is 22.8 Å². The summed E-state index contributed by atoms with van der Waals surface area (Å²) in [4.78, 5) is 0. The molecule has 0 aliphatic carbocycles. The molecule has 0 saturated carbocycles. The molecule has 0 bridgehead atoms. The summed E-state index contributed by atoms with van der Waals surface area (Å²) in [5, 5.41) is 4.82. The highest BCUT2D eigenvalue weighted by Crippen LogP contribution is 2.48. The predicted octanol–water partition coefficient (Wildman–Crippen LogP) is 6.20. The molecule has 134 valence electrons. The molecule has 0 fully saturated rings. The summed E-state index contributed by atoms with van der Waals surface area (Å²) >= 11 is 0. The van der Waals surface area contributed by atoms with Gasteiger partial charge in [0.25, 0.3) is 5.69 Å². The van der Waals surface area contributed by atoms with Crippen LogP contribution in [0.2, 0.25) is 0 Å². The molecule has 1 aliphatic rings. The minimum atomic E-state index is 0.123. The normalized spacial score (nSPS) is 12.9. The minimum absolute atomic E-state index is 0.123. The highest BCUT2D eigenvalue weighted by Gasteiger charge is 2.31. The lowest BCUT2D eigenvalue weighted by molar-refractivity contribution is -0.659. The van der Waals surface area contributed by atoms with Gasteiger partial charge in [-0.25, -0.2) is 0 Å². The largest absolute Gasteiger partial charge is 0.449 e. The van der Waals surface area contributed by atoms with Crippen molar-refractivity contribution in [3.05, 3.63) is 65.9 Å². The van der Waals surface area contributed by atoms with Crippen molar-refractivity contribution < 1.29 is 9.30 Å². The number of hydrogen-bond donors (Lipinski definition) is 0. The fraction of sp³-hybridized carbons (Fsp3) is 0.240. The van der Waals surface area contributed by atoms with Crippen LogP contribution in [0.15, 0.2) is 54.7 Å². The third-order valence-electron chi connectivity index (χ3n) is 5.73. The van der Waals surface area contributed by atoms with Gasteiger partial charge in [-0.05, 0) is 47.1 Å². The zero-order valence-electron chi connectivity index (χ0n) is 16.6. The third kappa shape index (κ3) is 2.29. The van der Waals surface area contributed by atoms with Gasteiger partial charge < -0.3 is 4.74 Å². The van der Waals surface area contributed by atoms with Crippen LogP contribution in [0, 0.1) is 6.92 Å². The smallest absolute Gasteiger partial charge is 0.257 e. The average molecular weight is 354 g/mol. The number of aromatic nitrogens is 1. The van der Waals surface area contributed by atoms with Gasteiger partial charge in [0.1, 0.15) is 12.8 Å². The number of ether oxygens (including phenoxy) is 1. The second kappa shape index (κ2) is 5.32. The molecule has 1 aromatic heterocycles. The number of benzene rings is 3. The summed E-state index contributed by atoms with van der Waals surface area (Å²) in [6, 6.07) is 17.5. The van der Waals surface area contributed by atoms with Gasteiger partial charge in [0.2, 0.25) is 5.75 Å². The van der Waals surface area contributed by atoms with Crippen LogP contribution < -0.4 is 9.30 Å². The standard InChI is InChI=1S/C25H24NO/c1-15-9-10-16-7-6-8-20-22(16)21(15)23-24(27-20)19-12-11-18(25(2,3)4)13-17(19)14-26(23)5/h6-14H,1-5H3/q+1. The molecule has 27 heavy (non-hydrogen) atoms. The minimum Gasteiger partial charge on any atom is -0.449 e. The Morgan fingerprint density at radius 3 is 2.52 bits per heavy atom. The van der Waals surface area contributed by atoms with Crippen molar-refractivity contribution in [2.45, 2.75) is 33.1 Å². The molecule has 0 radical (unpaired) electrons. The summed E-state index contributed by atoms with van der Waals surface area (Å²) < 4.78 is 8.73. The Hall–Kier alpha value is -2.87. The molecule has 1 aliphatic heterocycles. The molecule has 3 aromatic carbocycles. The van der Waals surface area contributed by atoms with Gasteiger partial charge in [0, 0.05) is 16.2 Å². The Kier molecular flexibility index (Phi) is 3.22. The Labute approximate surface area is 160 Å². The van der Waals surface area contributed by atoms with Crippen LogP contribution >= 0.6 is 0 Å². The topological polar surface area (TPSA) is 13.1 Å². The molecule has 2 heterocycles. The Balaban J connectivity index is 1.90. The lowest BCUT2D eigenvalue weighted by Gasteiger charge is -2.23. The van der Waals surface area contributed by atoms with Gasteiger partial charge in [0.15, 0.2) is 6.20 Å². The third-order valence-corrected chi connectivity index (χ3v) is 5.73. The second-order valence-corrected chi connectivity index (χ2v) is 8.68. The van der Waals surface area contributed by atoms with Gasteiger partial charge in [0.05, 0.1) is 5.56 Å². The van der Waals surface area contributed by atoms with E-state index in [1.54, 1.807) is 0 Å². The Morgan fingerprint density at radius 1 is 0.926 bits per heavy atom. The lowest BCUT2D eigenvalue weighted by atomic mass is 9.85. The van der Waals surface area contributed by atoms with Gasteiger partial charge >= 0.3 is 0 Å². The molecular formula is C25H24NO+. The maximum Gasteiger partial charge on any atom is 0.257 e. The van der Waals surface area contributed by atoms with E-state index in [0.717, 1.165) is 17.2 Å². The number of pyridine rings is 1. The van der Waals surface area contributed by atoms with E-state index in [-0.39, 0.29) is 5.41 Å². The lowest BCUT2D eigenvalue weighted by Crippen LogP contribution is -2.32. The first-order chi connectivity index (χ1) is 12.8. The van der Waals surface area contributed by atoms with Gasteiger partial charge in [-0.3, -0.25) is 0 Å². The van der Waals surface area contributed by atoms with Crippen LogP contribution in [0.4, 0.5) is 0 Å². The monoisotopic (exact) mass is 354 g/mol. The highest BCUT2D eigenvalue weighted by atomic mass is 16.5. The van der Waals surface area contributed by atoms with Crippen LogP contribution in [0.25, 0.3) is 32.8 Å². The van der Waals surface area contributed by atoms with Gasteiger partial charge in [-0.2, -0.15) is 4.57 Å². The maximum atomic E-state index is 6.50. The van der Waals surface area contributed by atoms with E-state index in [2.05, 4.69) is 94.0 Å². The van der Waals surface area contributed by atoms with Crippen molar-refractivity contribution in [1.29, 1.82) is 0 Å². The second-order valence-electron chi connectivity index (χ2n) is 8.68. The SMILES string of the molecule is Cc1ccc2cccc3c2c1-c1c(c2ccc(C(C)(C)C)cc2c[n+]1C)O3. The number of aryl methyl sites for hydroxylation is 2. The summed E-state index contributed by atoms with van der Waals surface area (Å²) in [7, 11) is 2.12. The van der Waals surface area contributed by atoms with E-state index >= 15 is 0 Å². The van der Waals surface area contributed by atoms with Crippen LogP contribution in [-0.2, 0) is 12.5 Å². The van der Waals surface area contributed by atoms with E-state index in [4.69, 9.17) is 4.74 Å². The van der Waals surface area contributed by atoms with Gasteiger partial charge in [-0.15, -0.1) is 0 Å². The van der Waals surface area contributed by atoms with Crippen molar-refractivity contribution in [1.82, 2.24) is 0 Å². The van der Waals surface area contributed by atoms with Gasteiger partial charge in [-0.1, -0.05) is 51.1 Å². The summed E-state index contributed by atoms with van der Waals surface area (Å²) in [6.45, 7) is 8.95. The van der Waals surface area contributed by atoms with E-state index in [0.29, 0.717) is 0 Å².